The van der Waals surface area contributed by atoms with Gasteiger partial charge in [-0.05, 0) is 42.2 Å². The first-order chi connectivity index (χ1) is 14.4. The highest BCUT2D eigenvalue weighted by molar-refractivity contribution is 5.91. The number of aromatic amines is 1. The number of anilines is 1. The van der Waals surface area contributed by atoms with Gasteiger partial charge in [-0.1, -0.05) is 6.92 Å². The number of aromatic nitrogens is 1. The molecule has 164 valence electrons. The molecule has 3 aromatic rings. The zero-order chi connectivity index (χ0) is 22.7. The van der Waals surface area contributed by atoms with Gasteiger partial charge in [0.15, 0.2) is 5.60 Å². The van der Waals surface area contributed by atoms with Gasteiger partial charge in [-0.25, -0.2) is 8.78 Å². The molecule has 31 heavy (non-hydrogen) atoms. The fourth-order valence-corrected chi connectivity index (χ4v) is 4.33. The molecule has 1 aliphatic rings. The van der Waals surface area contributed by atoms with Gasteiger partial charge in [0.25, 0.3) is 0 Å². The van der Waals surface area contributed by atoms with Crippen molar-refractivity contribution in [3.63, 3.8) is 0 Å². The Morgan fingerprint density at radius 2 is 1.81 bits per heavy atom. The van der Waals surface area contributed by atoms with Crippen LogP contribution in [0, 0.1) is 11.6 Å². The van der Waals surface area contributed by atoms with Crippen LogP contribution in [-0.2, 0) is 0 Å². The maximum absolute atomic E-state index is 14.1. The van der Waals surface area contributed by atoms with Gasteiger partial charge in [-0.15, -0.1) is 0 Å². The van der Waals surface area contributed by atoms with Crippen molar-refractivity contribution >= 4 is 16.6 Å². The minimum atomic E-state index is -5.13. The summed E-state index contributed by atoms with van der Waals surface area (Å²) in [7, 11) is 0. The van der Waals surface area contributed by atoms with E-state index in [0.29, 0.717) is 0 Å². The summed E-state index contributed by atoms with van der Waals surface area (Å²) in [6.07, 6.45) is -5.94. The molecule has 5 nitrogen and oxygen atoms in total. The highest BCUT2D eigenvalue weighted by atomic mass is 19.4. The number of H-pyrrole nitrogens is 1. The standard InChI is InChI=1S/C21H17F5N2O3/c1-9-8-20(31,21(24,25)26)19(13-4-10(22)7-16(29)18(9)13)28-15-6-11(23)5-14-12(15)2-3-17(30)27-14/h2-7,9,19,28-29,31H,8H2,1H3,(H,27,30)/t9-,19+,20+/m1/s1. The Balaban J connectivity index is 1.96. The van der Waals surface area contributed by atoms with Crippen LogP contribution in [-0.4, -0.2) is 27.0 Å². The van der Waals surface area contributed by atoms with Crippen LogP contribution >= 0.6 is 0 Å². The Labute approximate surface area is 172 Å². The molecule has 2 aromatic carbocycles. The average molecular weight is 440 g/mol. The van der Waals surface area contributed by atoms with Gasteiger partial charge in [0.05, 0.1) is 11.6 Å². The van der Waals surface area contributed by atoms with E-state index in [1.54, 1.807) is 0 Å². The maximum Gasteiger partial charge on any atom is 0.419 e. The van der Waals surface area contributed by atoms with Crippen LogP contribution in [0.4, 0.5) is 27.6 Å². The first kappa shape index (κ1) is 21.1. The number of alkyl halides is 3. The molecule has 10 heteroatoms. The highest BCUT2D eigenvalue weighted by Crippen LogP contribution is 2.54. The number of rotatable bonds is 2. The van der Waals surface area contributed by atoms with Crippen LogP contribution < -0.4 is 10.9 Å². The molecule has 0 amide bonds. The molecule has 1 aliphatic carbocycles. The Hall–Kier alpha value is -3.14. The number of nitrogens with one attached hydrogen (secondary N) is 2. The van der Waals surface area contributed by atoms with E-state index in [-0.39, 0.29) is 27.7 Å². The van der Waals surface area contributed by atoms with E-state index < -0.39 is 53.1 Å². The van der Waals surface area contributed by atoms with Crippen molar-refractivity contribution in [3.05, 3.63) is 69.5 Å². The van der Waals surface area contributed by atoms with Gasteiger partial charge in [0.2, 0.25) is 5.56 Å². The van der Waals surface area contributed by atoms with Gasteiger partial charge < -0.3 is 20.5 Å². The minimum absolute atomic E-state index is 0.0250. The minimum Gasteiger partial charge on any atom is -0.508 e. The molecule has 0 aliphatic heterocycles. The lowest BCUT2D eigenvalue weighted by Gasteiger charge is -2.45. The van der Waals surface area contributed by atoms with E-state index in [4.69, 9.17) is 0 Å². The van der Waals surface area contributed by atoms with Gasteiger partial charge >= 0.3 is 6.18 Å². The molecular weight excluding hydrogens is 423 g/mol. The lowest BCUT2D eigenvalue weighted by atomic mass is 9.70. The number of hydrogen-bond acceptors (Lipinski definition) is 4. The van der Waals surface area contributed by atoms with Gasteiger partial charge in [0.1, 0.15) is 17.4 Å². The second-order valence-electron chi connectivity index (χ2n) is 7.77. The number of halogens is 5. The smallest absolute Gasteiger partial charge is 0.419 e. The molecule has 0 saturated carbocycles. The summed E-state index contributed by atoms with van der Waals surface area (Å²) in [5.74, 6) is -3.32. The SMILES string of the molecule is C[C@@H]1C[C@@](O)(C(F)(F)F)[C@@H](Nc2cc(F)cc3[nH]c(=O)ccc23)c2cc(F)cc(O)c21. The zero-order valence-corrected chi connectivity index (χ0v) is 16.0. The van der Waals surface area contributed by atoms with Crippen molar-refractivity contribution in [1.82, 2.24) is 4.98 Å². The van der Waals surface area contributed by atoms with Gasteiger partial charge in [0, 0.05) is 28.8 Å². The second-order valence-corrected chi connectivity index (χ2v) is 7.77. The summed E-state index contributed by atoms with van der Waals surface area (Å²) in [5, 5.41) is 23.6. The number of pyridine rings is 1. The first-order valence-electron chi connectivity index (χ1n) is 9.31. The molecule has 0 spiro atoms. The molecule has 0 unspecified atom stereocenters. The number of benzene rings is 2. The van der Waals surface area contributed by atoms with E-state index in [1.165, 1.54) is 13.0 Å². The predicted octanol–water partition coefficient (Wildman–Crippen LogP) is 4.47. The van der Waals surface area contributed by atoms with Gasteiger partial charge in [-0.3, -0.25) is 4.79 Å². The Morgan fingerprint density at radius 3 is 2.48 bits per heavy atom. The second kappa shape index (κ2) is 6.94. The number of phenolic OH excluding ortho intramolecular Hbond substituents is 1. The molecule has 0 saturated heterocycles. The Kier molecular flexibility index (Phi) is 4.73. The largest absolute Gasteiger partial charge is 0.508 e. The number of phenols is 1. The zero-order valence-electron chi connectivity index (χ0n) is 16.0. The lowest BCUT2D eigenvalue weighted by Crippen LogP contribution is -2.55. The maximum atomic E-state index is 14.1. The van der Waals surface area contributed by atoms with Crippen molar-refractivity contribution in [2.45, 2.75) is 37.1 Å². The molecule has 0 bridgehead atoms. The van der Waals surface area contributed by atoms with Crippen LogP contribution in [0.5, 0.6) is 5.75 Å². The topological polar surface area (TPSA) is 85.4 Å². The lowest BCUT2D eigenvalue weighted by molar-refractivity contribution is -0.272. The fourth-order valence-electron chi connectivity index (χ4n) is 4.33. The quantitative estimate of drug-likeness (QED) is 0.443. The summed E-state index contributed by atoms with van der Waals surface area (Å²) in [6.45, 7) is 1.38. The van der Waals surface area contributed by atoms with E-state index in [2.05, 4.69) is 10.3 Å². The third-order valence-corrected chi connectivity index (χ3v) is 5.65. The van der Waals surface area contributed by atoms with E-state index in [9.17, 15) is 37.0 Å². The molecule has 1 heterocycles. The van der Waals surface area contributed by atoms with Crippen LogP contribution in [0.2, 0.25) is 0 Å². The van der Waals surface area contributed by atoms with Crippen LogP contribution in [0.1, 0.15) is 36.4 Å². The van der Waals surface area contributed by atoms with Crippen molar-refractivity contribution in [3.8, 4) is 5.75 Å². The Morgan fingerprint density at radius 1 is 1.13 bits per heavy atom. The molecule has 0 fully saturated rings. The third-order valence-electron chi connectivity index (χ3n) is 5.65. The number of hydrogen-bond donors (Lipinski definition) is 4. The molecule has 4 N–H and O–H groups in total. The number of aromatic hydroxyl groups is 1. The molecular formula is C21H17F5N2O3. The van der Waals surface area contributed by atoms with Crippen LogP contribution in [0.15, 0.2) is 41.2 Å². The summed E-state index contributed by atoms with van der Waals surface area (Å²) in [4.78, 5) is 13.9. The van der Waals surface area contributed by atoms with Crippen LogP contribution in [0.3, 0.4) is 0 Å². The molecule has 0 radical (unpaired) electrons. The first-order valence-corrected chi connectivity index (χ1v) is 9.31. The van der Waals surface area contributed by atoms with Crippen molar-refractivity contribution in [2.75, 3.05) is 5.32 Å². The summed E-state index contributed by atoms with van der Waals surface area (Å²) in [6, 6.07) is 3.95. The summed E-state index contributed by atoms with van der Waals surface area (Å²) in [5.41, 5.74) is -4.25. The highest BCUT2D eigenvalue weighted by Gasteiger charge is 2.62. The number of aliphatic hydroxyl groups is 1. The van der Waals surface area contributed by atoms with Crippen LogP contribution in [0.25, 0.3) is 10.9 Å². The van der Waals surface area contributed by atoms with Crippen molar-refractivity contribution < 1.29 is 32.2 Å². The predicted molar refractivity (Wildman–Crippen MR) is 103 cm³/mol. The van der Waals surface area contributed by atoms with Crippen molar-refractivity contribution in [2.24, 2.45) is 0 Å². The third kappa shape index (κ3) is 3.40. The average Bonchev–Trinajstić information content (AvgIpc) is 2.62. The normalized spacial score (nSPS) is 23.6. The van der Waals surface area contributed by atoms with E-state index in [1.807, 2.05) is 0 Å². The van der Waals surface area contributed by atoms with Gasteiger partial charge in [-0.2, -0.15) is 13.2 Å². The fraction of sp³-hybridized carbons (Fsp3) is 0.286. The van der Waals surface area contributed by atoms with E-state index >= 15 is 0 Å². The monoisotopic (exact) mass is 440 g/mol. The summed E-state index contributed by atoms with van der Waals surface area (Å²) >= 11 is 0. The number of fused-ring (bicyclic) bond motifs is 2. The van der Waals surface area contributed by atoms with Crippen molar-refractivity contribution in [1.29, 1.82) is 0 Å². The molecule has 1 aromatic heterocycles. The Bertz CT molecular complexity index is 1240. The molecule has 3 atom stereocenters. The summed E-state index contributed by atoms with van der Waals surface area (Å²) < 4.78 is 70.3. The molecule has 4 rings (SSSR count). The van der Waals surface area contributed by atoms with E-state index in [0.717, 1.165) is 30.3 Å².